The Hall–Kier alpha value is -3.84. The fourth-order valence-corrected chi connectivity index (χ4v) is 3.09. The summed E-state index contributed by atoms with van der Waals surface area (Å²) in [7, 11) is 1.58. The summed E-state index contributed by atoms with van der Waals surface area (Å²) in [6.45, 7) is 1.57. The zero-order valence-corrected chi connectivity index (χ0v) is 18.7. The van der Waals surface area contributed by atoms with E-state index in [9.17, 15) is 9.59 Å². The van der Waals surface area contributed by atoms with Gasteiger partial charge in [0.15, 0.2) is 0 Å². The Morgan fingerprint density at radius 2 is 1.64 bits per heavy atom. The number of amides is 2. The summed E-state index contributed by atoms with van der Waals surface area (Å²) in [5.41, 5.74) is 3.18. The maximum atomic E-state index is 12.3. The first-order valence-corrected chi connectivity index (χ1v) is 10.8. The summed E-state index contributed by atoms with van der Waals surface area (Å²) >= 11 is 0. The van der Waals surface area contributed by atoms with Gasteiger partial charge in [-0.2, -0.15) is 0 Å². The molecule has 7 nitrogen and oxygen atoms in total. The van der Waals surface area contributed by atoms with Crippen LogP contribution in [0.5, 0.6) is 5.75 Å². The predicted octanol–water partition coefficient (Wildman–Crippen LogP) is 3.73. The quantitative estimate of drug-likeness (QED) is 0.368. The third-order valence-electron chi connectivity index (χ3n) is 4.81. The van der Waals surface area contributed by atoms with Crippen LogP contribution in [0.1, 0.15) is 15.9 Å². The lowest BCUT2D eigenvalue weighted by Crippen LogP contribution is -2.26. The van der Waals surface area contributed by atoms with Crippen LogP contribution in [0, 0.1) is 0 Å². The maximum Gasteiger partial charge on any atom is 0.251 e. The van der Waals surface area contributed by atoms with Crippen molar-refractivity contribution in [3.05, 3.63) is 90.0 Å². The third kappa shape index (κ3) is 8.31. The lowest BCUT2D eigenvalue weighted by molar-refractivity contribution is -0.114. The van der Waals surface area contributed by atoms with Crippen LogP contribution >= 0.6 is 0 Å². The molecular formula is C26H29N3O4. The molecule has 0 heterocycles. The molecule has 0 aliphatic carbocycles. The van der Waals surface area contributed by atoms with E-state index < -0.39 is 0 Å². The minimum Gasteiger partial charge on any atom is -0.493 e. The van der Waals surface area contributed by atoms with Gasteiger partial charge in [0.25, 0.3) is 5.91 Å². The largest absolute Gasteiger partial charge is 0.493 e. The molecule has 3 N–H and O–H groups in total. The summed E-state index contributed by atoms with van der Waals surface area (Å²) in [4.78, 5) is 24.3. The van der Waals surface area contributed by atoms with Gasteiger partial charge in [0.1, 0.15) is 5.75 Å². The van der Waals surface area contributed by atoms with Gasteiger partial charge in [0.05, 0.1) is 19.8 Å². The average Bonchev–Trinajstić information content (AvgIpc) is 2.84. The summed E-state index contributed by atoms with van der Waals surface area (Å²) in [6.07, 6.45) is 0.814. The normalized spacial score (nSPS) is 10.3. The molecule has 0 radical (unpaired) electrons. The zero-order chi connectivity index (χ0) is 23.3. The zero-order valence-electron chi connectivity index (χ0n) is 18.7. The van der Waals surface area contributed by atoms with Crippen LogP contribution < -0.4 is 20.7 Å². The van der Waals surface area contributed by atoms with E-state index in [4.69, 9.17) is 9.47 Å². The van der Waals surface area contributed by atoms with Crippen molar-refractivity contribution in [2.45, 2.75) is 6.42 Å². The Morgan fingerprint density at radius 3 is 2.39 bits per heavy atom. The third-order valence-corrected chi connectivity index (χ3v) is 4.81. The van der Waals surface area contributed by atoms with Gasteiger partial charge in [0, 0.05) is 43.1 Å². The molecule has 0 spiro atoms. The summed E-state index contributed by atoms with van der Waals surface area (Å²) < 4.78 is 10.7. The van der Waals surface area contributed by atoms with Crippen molar-refractivity contribution < 1.29 is 19.1 Å². The number of ether oxygens (including phenoxy) is 2. The summed E-state index contributed by atoms with van der Waals surface area (Å²) in [5, 5.41) is 8.68. The second-order valence-electron chi connectivity index (χ2n) is 7.34. The number of carbonyl (C=O) groups is 2. The van der Waals surface area contributed by atoms with Crippen LogP contribution in [0.3, 0.4) is 0 Å². The molecule has 7 heteroatoms. The summed E-state index contributed by atoms with van der Waals surface area (Å²) in [6, 6.07) is 24.4. The first kappa shape index (κ1) is 23.8. The van der Waals surface area contributed by atoms with Gasteiger partial charge in [-0.15, -0.1) is 0 Å². The van der Waals surface area contributed by atoms with Crippen molar-refractivity contribution in [3.63, 3.8) is 0 Å². The van der Waals surface area contributed by atoms with Crippen molar-refractivity contribution in [1.29, 1.82) is 0 Å². The number of anilines is 2. The molecular weight excluding hydrogens is 418 g/mol. The minimum absolute atomic E-state index is 0.0957. The van der Waals surface area contributed by atoms with Crippen LogP contribution in [-0.2, 0) is 16.0 Å². The van der Waals surface area contributed by atoms with Crippen molar-refractivity contribution in [2.24, 2.45) is 0 Å². The van der Waals surface area contributed by atoms with E-state index in [1.807, 2.05) is 36.4 Å². The molecule has 3 aromatic carbocycles. The van der Waals surface area contributed by atoms with Crippen LogP contribution in [0.15, 0.2) is 78.9 Å². The number of nitrogens with one attached hydrogen (secondary N) is 3. The van der Waals surface area contributed by atoms with Gasteiger partial charge in [-0.3, -0.25) is 9.59 Å². The fraction of sp³-hybridized carbons (Fsp3) is 0.231. The topological polar surface area (TPSA) is 88.7 Å². The molecule has 2 amide bonds. The minimum atomic E-state index is -0.183. The Balaban J connectivity index is 1.42. The van der Waals surface area contributed by atoms with E-state index in [2.05, 4.69) is 28.1 Å². The molecule has 0 bridgehead atoms. The number of methoxy groups -OCH3 is 1. The van der Waals surface area contributed by atoms with Crippen molar-refractivity contribution in [2.75, 3.05) is 44.0 Å². The van der Waals surface area contributed by atoms with E-state index in [-0.39, 0.29) is 18.4 Å². The van der Waals surface area contributed by atoms with Gasteiger partial charge in [0.2, 0.25) is 5.91 Å². The molecule has 0 saturated heterocycles. The highest BCUT2D eigenvalue weighted by molar-refractivity contribution is 5.95. The van der Waals surface area contributed by atoms with Crippen molar-refractivity contribution in [3.8, 4) is 5.75 Å². The maximum absolute atomic E-state index is 12.3. The molecule has 0 fully saturated rings. The van der Waals surface area contributed by atoms with E-state index >= 15 is 0 Å². The van der Waals surface area contributed by atoms with E-state index in [0.717, 1.165) is 12.1 Å². The van der Waals surface area contributed by atoms with Gasteiger partial charge in [-0.05, 0) is 42.0 Å². The van der Waals surface area contributed by atoms with Crippen LogP contribution in [0.2, 0.25) is 0 Å². The first-order valence-electron chi connectivity index (χ1n) is 10.8. The lowest BCUT2D eigenvalue weighted by Gasteiger charge is -2.11. The number of rotatable bonds is 12. The highest BCUT2D eigenvalue weighted by Crippen LogP contribution is 2.18. The Labute approximate surface area is 194 Å². The van der Waals surface area contributed by atoms with E-state index in [0.29, 0.717) is 36.8 Å². The van der Waals surface area contributed by atoms with Crippen LogP contribution in [0.25, 0.3) is 0 Å². The number of hydrogen-bond acceptors (Lipinski definition) is 5. The number of hydrogen-bond donors (Lipinski definition) is 3. The summed E-state index contributed by atoms with van der Waals surface area (Å²) in [5.74, 6) is 0.357. The fourth-order valence-electron chi connectivity index (χ4n) is 3.09. The molecule has 0 aliphatic rings. The molecule has 33 heavy (non-hydrogen) atoms. The van der Waals surface area contributed by atoms with Crippen LogP contribution in [0.4, 0.5) is 11.4 Å². The Kier molecular flexibility index (Phi) is 9.29. The lowest BCUT2D eigenvalue weighted by atomic mass is 10.2. The van der Waals surface area contributed by atoms with Gasteiger partial charge < -0.3 is 25.4 Å². The van der Waals surface area contributed by atoms with E-state index in [1.54, 1.807) is 37.4 Å². The van der Waals surface area contributed by atoms with Crippen molar-refractivity contribution >= 4 is 23.2 Å². The molecule has 0 aliphatic heterocycles. The SMILES string of the molecule is COCCNC(=O)c1ccc(NCC(=O)Nc2cccc(OCCc3ccccc3)c2)cc1. The second kappa shape index (κ2) is 12.9. The monoisotopic (exact) mass is 447 g/mol. The molecule has 0 saturated carbocycles. The molecule has 0 aromatic heterocycles. The molecule has 0 unspecified atom stereocenters. The molecule has 3 aromatic rings. The number of carbonyl (C=O) groups excluding carboxylic acids is 2. The number of benzene rings is 3. The Bertz CT molecular complexity index is 1020. The van der Waals surface area contributed by atoms with Crippen molar-refractivity contribution in [1.82, 2.24) is 5.32 Å². The van der Waals surface area contributed by atoms with Gasteiger partial charge >= 0.3 is 0 Å². The van der Waals surface area contributed by atoms with Gasteiger partial charge in [-0.25, -0.2) is 0 Å². The van der Waals surface area contributed by atoms with Gasteiger partial charge in [-0.1, -0.05) is 36.4 Å². The average molecular weight is 448 g/mol. The molecule has 3 rings (SSSR count). The highest BCUT2D eigenvalue weighted by atomic mass is 16.5. The highest BCUT2D eigenvalue weighted by Gasteiger charge is 2.07. The first-order chi connectivity index (χ1) is 16.1. The predicted molar refractivity (Wildman–Crippen MR) is 130 cm³/mol. The Morgan fingerprint density at radius 1 is 0.848 bits per heavy atom. The van der Waals surface area contributed by atoms with E-state index in [1.165, 1.54) is 5.56 Å². The van der Waals surface area contributed by atoms with Crippen LogP contribution in [-0.4, -0.2) is 45.2 Å². The standard InChI is InChI=1S/C26H29N3O4/c1-32-17-15-27-26(31)21-10-12-22(13-11-21)28-19-25(30)29-23-8-5-9-24(18-23)33-16-14-20-6-3-2-4-7-20/h2-13,18,28H,14-17,19H2,1H3,(H,27,31)(H,29,30). The molecule has 0 atom stereocenters. The second-order valence-corrected chi connectivity index (χ2v) is 7.34. The molecule has 172 valence electrons. The smallest absolute Gasteiger partial charge is 0.251 e.